The maximum Gasteiger partial charge on any atom is 0.242 e. The summed E-state index contributed by atoms with van der Waals surface area (Å²) >= 11 is 0. The third kappa shape index (κ3) is 5.03. The minimum absolute atomic E-state index is 0.261. The standard InChI is InChI=1S/C25H35N3O2S/c1-25(23-9-5-3-6-10-23,14-16-28-15-13-21-17-26-18-22(21)19-28)20-27(2)31(29,30)24-11-7-4-8-12-24/h3-12,21-22,26H,13-20H2,1-2H3/t21-,22-,25+/m0/s1. The molecule has 5 nitrogen and oxygen atoms in total. The highest BCUT2D eigenvalue weighted by atomic mass is 32.2. The molecule has 2 aliphatic rings. The number of likely N-dealkylation sites (N-methyl/N-ethyl adjacent to an activating group) is 1. The van der Waals surface area contributed by atoms with Gasteiger partial charge in [-0.2, -0.15) is 0 Å². The molecule has 0 bridgehead atoms. The van der Waals surface area contributed by atoms with Crippen molar-refractivity contribution in [2.24, 2.45) is 11.8 Å². The van der Waals surface area contributed by atoms with Crippen LogP contribution in [0.25, 0.3) is 0 Å². The summed E-state index contributed by atoms with van der Waals surface area (Å²) in [6.45, 7) is 8.26. The van der Waals surface area contributed by atoms with E-state index in [1.165, 1.54) is 22.8 Å². The maximum atomic E-state index is 13.2. The second kappa shape index (κ2) is 9.41. The lowest BCUT2D eigenvalue weighted by atomic mass is 9.78. The molecule has 2 aromatic carbocycles. The van der Waals surface area contributed by atoms with E-state index in [0.29, 0.717) is 11.4 Å². The van der Waals surface area contributed by atoms with Crippen molar-refractivity contribution in [1.82, 2.24) is 14.5 Å². The monoisotopic (exact) mass is 441 g/mol. The predicted octanol–water partition coefficient (Wildman–Crippen LogP) is 3.20. The van der Waals surface area contributed by atoms with Crippen molar-refractivity contribution < 1.29 is 8.42 Å². The molecule has 2 aliphatic heterocycles. The fourth-order valence-corrected chi connectivity index (χ4v) is 6.54. The zero-order valence-electron chi connectivity index (χ0n) is 18.7. The Hall–Kier alpha value is -1.73. The molecule has 2 fully saturated rings. The lowest BCUT2D eigenvalue weighted by Gasteiger charge is -2.39. The summed E-state index contributed by atoms with van der Waals surface area (Å²) in [6.07, 6.45) is 2.19. The maximum absolute atomic E-state index is 13.2. The van der Waals surface area contributed by atoms with Crippen molar-refractivity contribution in [3.8, 4) is 0 Å². The molecule has 168 valence electrons. The summed E-state index contributed by atoms with van der Waals surface area (Å²) in [5.41, 5.74) is 0.936. The van der Waals surface area contributed by atoms with E-state index in [0.717, 1.165) is 44.4 Å². The van der Waals surface area contributed by atoms with E-state index in [1.54, 1.807) is 31.3 Å². The van der Waals surface area contributed by atoms with Crippen LogP contribution in [0, 0.1) is 11.8 Å². The second-order valence-electron chi connectivity index (χ2n) is 9.52. The highest BCUT2D eigenvalue weighted by Gasteiger charge is 2.36. The Kier molecular flexibility index (Phi) is 6.82. The molecular formula is C25H35N3O2S. The van der Waals surface area contributed by atoms with E-state index in [2.05, 4.69) is 41.4 Å². The van der Waals surface area contributed by atoms with Crippen LogP contribution in [0.1, 0.15) is 25.3 Å². The quantitative estimate of drug-likeness (QED) is 0.684. The van der Waals surface area contributed by atoms with E-state index in [1.807, 2.05) is 12.1 Å². The Bertz CT molecular complexity index is 951. The summed E-state index contributed by atoms with van der Waals surface area (Å²) < 4.78 is 27.9. The Labute approximate surface area is 187 Å². The van der Waals surface area contributed by atoms with Crippen LogP contribution >= 0.6 is 0 Å². The Morgan fingerprint density at radius 2 is 1.68 bits per heavy atom. The van der Waals surface area contributed by atoms with Gasteiger partial charge < -0.3 is 10.2 Å². The van der Waals surface area contributed by atoms with E-state index < -0.39 is 10.0 Å². The number of hydrogen-bond donors (Lipinski definition) is 1. The van der Waals surface area contributed by atoms with Gasteiger partial charge in [0.25, 0.3) is 0 Å². The summed E-state index contributed by atoms with van der Waals surface area (Å²) in [7, 11) is -1.82. The zero-order chi connectivity index (χ0) is 21.9. The number of fused-ring (bicyclic) bond motifs is 1. The van der Waals surface area contributed by atoms with E-state index in [-0.39, 0.29) is 5.41 Å². The average molecular weight is 442 g/mol. The van der Waals surface area contributed by atoms with Gasteiger partial charge in [0.05, 0.1) is 4.90 Å². The van der Waals surface area contributed by atoms with Crippen LogP contribution in [-0.2, 0) is 15.4 Å². The molecule has 31 heavy (non-hydrogen) atoms. The number of nitrogens with one attached hydrogen (secondary N) is 1. The topological polar surface area (TPSA) is 52.6 Å². The number of hydrogen-bond acceptors (Lipinski definition) is 4. The van der Waals surface area contributed by atoms with Crippen molar-refractivity contribution in [3.05, 3.63) is 66.2 Å². The fraction of sp³-hybridized carbons (Fsp3) is 0.520. The van der Waals surface area contributed by atoms with Crippen LogP contribution in [0.2, 0.25) is 0 Å². The molecule has 2 aromatic rings. The number of rotatable bonds is 8. The Morgan fingerprint density at radius 3 is 2.39 bits per heavy atom. The molecule has 0 aromatic heterocycles. The van der Waals surface area contributed by atoms with Gasteiger partial charge in [0.1, 0.15) is 0 Å². The lowest BCUT2D eigenvalue weighted by Crippen LogP contribution is -2.45. The van der Waals surface area contributed by atoms with Crippen molar-refractivity contribution in [1.29, 1.82) is 0 Å². The molecule has 0 unspecified atom stereocenters. The van der Waals surface area contributed by atoms with E-state index in [4.69, 9.17) is 0 Å². The van der Waals surface area contributed by atoms with Gasteiger partial charge in [-0.15, -0.1) is 0 Å². The Morgan fingerprint density at radius 1 is 1.03 bits per heavy atom. The molecular weight excluding hydrogens is 406 g/mol. The van der Waals surface area contributed by atoms with Crippen LogP contribution in [0.3, 0.4) is 0 Å². The average Bonchev–Trinajstić information content (AvgIpc) is 3.27. The minimum Gasteiger partial charge on any atom is -0.316 e. The van der Waals surface area contributed by atoms with Gasteiger partial charge in [-0.1, -0.05) is 55.5 Å². The molecule has 3 atom stereocenters. The number of benzene rings is 2. The van der Waals surface area contributed by atoms with Gasteiger partial charge in [0, 0.05) is 25.6 Å². The van der Waals surface area contributed by atoms with Gasteiger partial charge in [0.2, 0.25) is 10.0 Å². The van der Waals surface area contributed by atoms with Crippen LogP contribution in [-0.4, -0.2) is 63.9 Å². The highest BCUT2D eigenvalue weighted by molar-refractivity contribution is 7.89. The van der Waals surface area contributed by atoms with Gasteiger partial charge in [0.15, 0.2) is 0 Å². The summed E-state index contributed by atoms with van der Waals surface area (Å²) in [5.74, 6) is 1.59. The molecule has 6 heteroatoms. The minimum atomic E-state index is -3.52. The van der Waals surface area contributed by atoms with Gasteiger partial charge in [-0.05, 0) is 68.6 Å². The normalized spacial score (nSPS) is 24.1. The van der Waals surface area contributed by atoms with Crippen LogP contribution in [0.4, 0.5) is 0 Å². The summed E-state index contributed by atoms with van der Waals surface area (Å²) in [4.78, 5) is 2.94. The first kappa shape index (κ1) is 22.5. The third-order valence-electron chi connectivity index (χ3n) is 7.26. The number of nitrogens with zero attached hydrogens (tertiary/aromatic N) is 2. The molecule has 1 N–H and O–H groups in total. The molecule has 0 radical (unpaired) electrons. The molecule has 0 saturated carbocycles. The first-order valence-electron chi connectivity index (χ1n) is 11.4. The van der Waals surface area contributed by atoms with E-state index >= 15 is 0 Å². The predicted molar refractivity (Wildman–Crippen MR) is 126 cm³/mol. The molecule has 0 spiro atoms. The summed E-state index contributed by atoms with van der Waals surface area (Å²) in [5, 5.41) is 3.54. The van der Waals surface area contributed by atoms with Gasteiger partial charge in [-0.3, -0.25) is 0 Å². The smallest absolute Gasteiger partial charge is 0.242 e. The van der Waals surface area contributed by atoms with Crippen molar-refractivity contribution >= 4 is 10.0 Å². The largest absolute Gasteiger partial charge is 0.316 e. The van der Waals surface area contributed by atoms with Crippen LogP contribution in [0.5, 0.6) is 0 Å². The van der Waals surface area contributed by atoms with Crippen LogP contribution in [0.15, 0.2) is 65.6 Å². The van der Waals surface area contributed by atoms with Gasteiger partial charge in [-0.25, -0.2) is 12.7 Å². The first-order valence-corrected chi connectivity index (χ1v) is 12.8. The van der Waals surface area contributed by atoms with Crippen LogP contribution < -0.4 is 5.32 Å². The van der Waals surface area contributed by atoms with Crippen molar-refractivity contribution in [3.63, 3.8) is 0 Å². The molecule has 0 aliphatic carbocycles. The third-order valence-corrected chi connectivity index (χ3v) is 9.08. The second-order valence-corrected chi connectivity index (χ2v) is 11.6. The molecule has 2 saturated heterocycles. The molecule has 4 rings (SSSR count). The molecule has 0 amide bonds. The fourth-order valence-electron chi connectivity index (χ4n) is 5.22. The lowest BCUT2D eigenvalue weighted by molar-refractivity contribution is 0.136. The van der Waals surface area contributed by atoms with E-state index in [9.17, 15) is 8.42 Å². The van der Waals surface area contributed by atoms with Crippen molar-refractivity contribution in [2.45, 2.75) is 30.1 Å². The SMILES string of the molecule is CN(C[C@@](C)(CCN1CC[C@H]2CNC[C@H]2C1)c1ccccc1)S(=O)(=O)c1ccccc1. The Balaban J connectivity index is 1.50. The first-order chi connectivity index (χ1) is 14.9. The zero-order valence-corrected chi connectivity index (χ0v) is 19.5. The summed E-state index contributed by atoms with van der Waals surface area (Å²) in [6, 6.07) is 19.1. The van der Waals surface area contributed by atoms with Gasteiger partial charge >= 0.3 is 0 Å². The number of likely N-dealkylation sites (tertiary alicyclic amines) is 1. The molecule has 2 heterocycles. The number of piperidine rings is 1. The van der Waals surface area contributed by atoms with Crippen molar-refractivity contribution in [2.75, 3.05) is 46.3 Å². The highest BCUT2D eigenvalue weighted by Crippen LogP contribution is 2.32. The number of sulfonamides is 1.